The second-order valence-electron chi connectivity index (χ2n) is 4.79. The van der Waals surface area contributed by atoms with Crippen LogP contribution in [0.1, 0.15) is 32.8 Å². The summed E-state index contributed by atoms with van der Waals surface area (Å²) in [6, 6.07) is 0.222. The summed E-state index contributed by atoms with van der Waals surface area (Å²) in [4.78, 5) is 8.36. The number of nitrogens with zero attached hydrogens (tertiary/aromatic N) is 2. The number of nitrogens with one attached hydrogen (secondary N) is 1. The number of methoxy groups -OCH3 is 1. The Labute approximate surface area is 109 Å². The number of aromatic nitrogens is 2. The van der Waals surface area contributed by atoms with Gasteiger partial charge in [0.15, 0.2) is 0 Å². The van der Waals surface area contributed by atoms with Crippen molar-refractivity contribution in [3.05, 3.63) is 11.9 Å². The minimum Gasteiger partial charge on any atom is -0.383 e. The summed E-state index contributed by atoms with van der Waals surface area (Å²) in [5.41, 5.74) is 6.91. The Hall–Kier alpha value is -1.36. The fourth-order valence-corrected chi connectivity index (χ4v) is 1.80. The van der Waals surface area contributed by atoms with Crippen molar-refractivity contribution in [1.82, 2.24) is 9.97 Å². The van der Waals surface area contributed by atoms with Gasteiger partial charge in [-0.15, -0.1) is 0 Å². The van der Waals surface area contributed by atoms with Crippen LogP contribution in [0.25, 0.3) is 0 Å². The standard InChI is InChI=1S/C13H24N4O/c1-5-6-10-12(14)15-8-16-13(10)17-11(7-18-4)9(2)3/h8-9,11H,5-7H2,1-4H3,(H3,14,15,16,17). The fraction of sp³-hybridized carbons (Fsp3) is 0.692. The average Bonchev–Trinajstić information content (AvgIpc) is 2.32. The minimum atomic E-state index is 0.222. The third-order valence-corrected chi connectivity index (χ3v) is 2.95. The third-order valence-electron chi connectivity index (χ3n) is 2.95. The van der Waals surface area contributed by atoms with Crippen molar-refractivity contribution in [2.24, 2.45) is 5.92 Å². The zero-order valence-corrected chi connectivity index (χ0v) is 11.7. The van der Waals surface area contributed by atoms with Crippen LogP contribution in [-0.2, 0) is 11.2 Å². The molecule has 0 radical (unpaired) electrons. The van der Waals surface area contributed by atoms with E-state index in [2.05, 4.69) is 36.1 Å². The summed E-state index contributed by atoms with van der Waals surface area (Å²) in [7, 11) is 1.71. The lowest BCUT2D eigenvalue weighted by Crippen LogP contribution is -2.31. The zero-order valence-electron chi connectivity index (χ0n) is 11.7. The molecule has 1 heterocycles. The molecule has 3 N–H and O–H groups in total. The van der Waals surface area contributed by atoms with E-state index in [-0.39, 0.29) is 6.04 Å². The number of hydrogen-bond donors (Lipinski definition) is 2. The van der Waals surface area contributed by atoms with Crippen molar-refractivity contribution in [1.29, 1.82) is 0 Å². The van der Waals surface area contributed by atoms with Gasteiger partial charge in [0.25, 0.3) is 0 Å². The molecule has 0 fully saturated rings. The molecule has 18 heavy (non-hydrogen) atoms. The van der Waals surface area contributed by atoms with Gasteiger partial charge in [-0.25, -0.2) is 9.97 Å². The predicted molar refractivity (Wildman–Crippen MR) is 74.6 cm³/mol. The van der Waals surface area contributed by atoms with Gasteiger partial charge in [-0.1, -0.05) is 27.2 Å². The summed E-state index contributed by atoms with van der Waals surface area (Å²) in [5.74, 6) is 1.85. The number of nitrogen functional groups attached to an aromatic ring is 1. The van der Waals surface area contributed by atoms with Gasteiger partial charge in [0, 0.05) is 12.7 Å². The molecule has 0 saturated carbocycles. The van der Waals surface area contributed by atoms with Crippen LogP contribution in [0, 0.1) is 5.92 Å². The first-order chi connectivity index (χ1) is 8.60. The van der Waals surface area contributed by atoms with Crippen molar-refractivity contribution in [3.8, 4) is 0 Å². The number of rotatable bonds is 7. The predicted octanol–water partition coefficient (Wildman–Crippen LogP) is 2.09. The maximum Gasteiger partial charge on any atom is 0.135 e. The van der Waals surface area contributed by atoms with Crippen molar-refractivity contribution in [3.63, 3.8) is 0 Å². The molecular formula is C13H24N4O. The van der Waals surface area contributed by atoms with Crippen LogP contribution in [0.15, 0.2) is 6.33 Å². The first kappa shape index (κ1) is 14.7. The molecule has 0 aliphatic heterocycles. The normalized spacial score (nSPS) is 12.7. The van der Waals surface area contributed by atoms with Crippen LogP contribution in [-0.4, -0.2) is 29.7 Å². The lowest BCUT2D eigenvalue weighted by molar-refractivity contribution is 0.171. The van der Waals surface area contributed by atoms with E-state index in [1.165, 1.54) is 6.33 Å². The van der Waals surface area contributed by atoms with E-state index in [9.17, 15) is 0 Å². The van der Waals surface area contributed by atoms with Gasteiger partial charge in [-0.05, 0) is 12.3 Å². The van der Waals surface area contributed by atoms with Crippen LogP contribution >= 0.6 is 0 Å². The Balaban J connectivity index is 2.90. The maximum absolute atomic E-state index is 5.91. The Morgan fingerprint density at radius 2 is 2.11 bits per heavy atom. The first-order valence-electron chi connectivity index (χ1n) is 6.44. The molecule has 5 nitrogen and oxygen atoms in total. The number of anilines is 2. The fourth-order valence-electron chi connectivity index (χ4n) is 1.80. The molecule has 1 aromatic heterocycles. The summed E-state index contributed by atoms with van der Waals surface area (Å²) in [5, 5.41) is 3.42. The summed E-state index contributed by atoms with van der Waals surface area (Å²) in [6.45, 7) is 7.07. The lowest BCUT2D eigenvalue weighted by atomic mass is 10.0. The van der Waals surface area contributed by atoms with Gasteiger partial charge in [-0.3, -0.25) is 0 Å². The van der Waals surface area contributed by atoms with E-state index >= 15 is 0 Å². The largest absolute Gasteiger partial charge is 0.383 e. The van der Waals surface area contributed by atoms with Gasteiger partial charge >= 0.3 is 0 Å². The topological polar surface area (TPSA) is 73.1 Å². The zero-order chi connectivity index (χ0) is 13.5. The molecule has 0 bridgehead atoms. The summed E-state index contributed by atoms with van der Waals surface area (Å²) in [6.07, 6.45) is 3.40. The molecule has 1 aromatic rings. The molecule has 0 saturated heterocycles. The average molecular weight is 252 g/mol. The number of ether oxygens (including phenoxy) is 1. The van der Waals surface area contributed by atoms with Crippen molar-refractivity contribution >= 4 is 11.6 Å². The van der Waals surface area contributed by atoms with Crippen LogP contribution in [0.5, 0.6) is 0 Å². The van der Waals surface area contributed by atoms with E-state index < -0.39 is 0 Å². The minimum absolute atomic E-state index is 0.222. The first-order valence-corrected chi connectivity index (χ1v) is 6.44. The van der Waals surface area contributed by atoms with Gasteiger partial charge < -0.3 is 15.8 Å². The van der Waals surface area contributed by atoms with Crippen LogP contribution in [0.2, 0.25) is 0 Å². The number of nitrogens with two attached hydrogens (primary N) is 1. The van der Waals surface area contributed by atoms with Crippen LogP contribution in [0.3, 0.4) is 0 Å². The lowest BCUT2D eigenvalue weighted by Gasteiger charge is -2.23. The third kappa shape index (κ3) is 3.84. The molecule has 102 valence electrons. The highest BCUT2D eigenvalue weighted by molar-refractivity contribution is 5.55. The number of hydrogen-bond acceptors (Lipinski definition) is 5. The molecule has 1 atom stereocenters. The smallest absolute Gasteiger partial charge is 0.135 e. The molecule has 0 aliphatic carbocycles. The molecule has 0 aromatic carbocycles. The molecule has 0 aliphatic rings. The van der Waals surface area contributed by atoms with Crippen LogP contribution in [0.4, 0.5) is 11.6 Å². The van der Waals surface area contributed by atoms with Gasteiger partial charge in [0.2, 0.25) is 0 Å². The second kappa shape index (κ2) is 7.16. The molecule has 1 rings (SSSR count). The molecule has 5 heteroatoms. The molecule has 0 spiro atoms. The van der Waals surface area contributed by atoms with E-state index in [4.69, 9.17) is 10.5 Å². The van der Waals surface area contributed by atoms with Crippen molar-refractivity contribution < 1.29 is 4.74 Å². The van der Waals surface area contributed by atoms with Crippen molar-refractivity contribution in [2.75, 3.05) is 24.8 Å². The summed E-state index contributed by atoms with van der Waals surface area (Å²) < 4.78 is 5.23. The second-order valence-corrected chi connectivity index (χ2v) is 4.79. The van der Waals surface area contributed by atoms with Crippen molar-refractivity contribution in [2.45, 2.75) is 39.7 Å². The Kier molecular flexibility index (Phi) is 5.85. The SMILES string of the molecule is CCCc1c(N)ncnc1NC(COC)C(C)C. The van der Waals surface area contributed by atoms with E-state index in [1.807, 2.05) is 0 Å². The van der Waals surface area contributed by atoms with Gasteiger partial charge in [0.1, 0.15) is 18.0 Å². The molecule has 0 amide bonds. The van der Waals surface area contributed by atoms with E-state index in [0.29, 0.717) is 18.3 Å². The van der Waals surface area contributed by atoms with E-state index in [0.717, 1.165) is 24.2 Å². The Morgan fingerprint density at radius 1 is 1.39 bits per heavy atom. The van der Waals surface area contributed by atoms with Gasteiger partial charge in [0.05, 0.1) is 12.6 Å². The highest BCUT2D eigenvalue weighted by Gasteiger charge is 2.16. The highest BCUT2D eigenvalue weighted by Crippen LogP contribution is 2.21. The van der Waals surface area contributed by atoms with Gasteiger partial charge in [-0.2, -0.15) is 0 Å². The summed E-state index contributed by atoms with van der Waals surface area (Å²) >= 11 is 0. The quantitative estimate of drug-likeness (QED) is 0.777. The monoisotopic (exact) mass is 252 g/mol. The highest BCUT2D eigenvalue weighted by atomic mass is 16.5. The Morgan fingerprint density at radius 3 is 2.67 bits per heavy atom. The molecule has 1 unspecified atom stereocenters. The molecular weight excluding hydrogens is 228 g/mol. The maximum atomic E-state index is 5.91. The van der Waals surface area contributed by atoms with Crippen LogP contribution < -0.4 is 11.1 Å². The van der Waals surface area contributed by atoms with E-state index in [1.54, 1.807) is 7.11 Å². The Bertz CT molecular complexity index is 368.